The molecule has 0 unspecified atom stereocenters. The van der Waals surface area contributed by atoms with Gasteiger partial charge < -0.3 is 4.42 Å². The van der Waals surface area contributed by atoms with Crippen molar-refractivity contribution in [3.05, 3.63) is 41.5 Å². The van der Waals surface area contributed by atoms with E-state index in [2.05, 4.69) is 4.98 Å². The smallest absolute Gasteiger partial charge is 0.146 e. The van der Waals surface area contributed by atoms with E-state index in [9.17, 15) is 4.39 Å². The van der Waals surface area contributed by atoms with E-state index in [0.717, 1.165) is 10.8 Å². The molecule has 0 saturated carbocycles. The standard InChI is InChI=1S/C11H5ClFNO/c12-11-8-3-4-15-10(8)7-2-1-6(13)5-9(7)14-11/h1-5H. The van der Waals surface area contributed by atoms with Gasteiger partial charge in [0.1, 0.15) is 16.6 Å². The van der Waals surface area contributed by atoms with Gasteiger partial charge in [-0.2, -0.15) is 0 Å². The Hall–Kier alpha value is -1.61. The minimum atomic E-state index is -0.336. The third-order valence-electron chi connectivity index (χ3n) is 2.31. The molecule has 2 heterocycles. The highest BCUT2D eigenvalue weighted by molar-refractivity contribution is 6.35. The third kappa shape index (κ3) is 1.20. The van der Waals surface area contributed by atoms with Crippen LogP contribution in [-0.2, 0) is 0 Å². The van der Waals surface area contributed by atoms with E-state index in [1.807, 2.05) is 0 Å². The molecule has 0 bridgehead atoms. The maximum absolute atomic E-state index is 13.0. The number of fused-ring (bicyclic) bond motifs is 3. The third-order valence-corrected chi connectivity index (χ3v) is 2.60. The highest BCUT2D eigenvalue weighted by Gasteiger charge is 2.09. The van der Waals surface area contributed by atoms with Crippen LogP contribution in [0.4, 0.5) is 4.39 Å². The summed E-state index contributed by atoms with van der Waals surface area (Å²) in [7, 11) is 0. The van der Waals surface area contributed by atoms with Gasteiger partial charge in [-0.25, -0.2) is 9.37 Å². The molecule has 1 aromatic carbocycles. The maximum atomic E-state index is 13.0. The number of hydrogen-bond acceptors (Lipinski definition) is 2. The van der Waals surface area contributed by atoms with Gasteiger partial charge in [-0.05, 0) is 18.2 Å². The van der Waals surface area contributed by atoms with Crippen LogP contribution in [-0.4, -0.2) is 4.98 Å². The average molecular weight is 222 g/mol. The van der Waals surface area contributed by atoms with E-state index in [1.54, 1.807) is 18.4 Å². The molecule has 0 radical (unpaired) electrons. The van der Waals surface area contributed by atoms with E-state index in [4.69, 9.17) is 16.0 Å². The van der Waals surface area contributed by atoms with E-state index in [0.29, 0.717) is 16.3 Å². The first-order valence-electron chi connectivity index (χ1n) is 4.38. The molecule has 74 valence electrons. The van der Waals surface area contributed by atoms with Crippen molar-refractivity contribution >= 4 is 33.5 Å². The lowest BCUT2D eigenvalue weighted by Gasteiger charge is -1.99. The van der Waals surface area contributed by atoms with E-state index < -0.39 is 0 Å². The second-order valence-corrected chi connectivity index (χ2v) is 3.59. The van der Waals surface area contributed by atoms with Crippen LogP contribution in [0.25, 0.3) is 21.9 Å². The summed E-state index contributed by atoms with van der Waals surface area (Å²) in [6, 6.07) is 6.09. The topological polar surface area (TPSA) is 26.0 Å². The number of pyridine rings is 1. The number of halogens is 2. The molecular weight excluding hydrogens is 217 g/mol. The number of benzene rings is 1. The summed E-state index contributed by atoms with van der Waals surface area (Å²) < 4.78 is 18.3. The van der Waals surface area contributed by atoms with Crippen molar-refractivity contribution in [2.75, 3.05) is 0 Å². The monoisotopic (exact) mass is 221 g/mol. The fourth-order valence-corrected chi connectivity index (χ4v) is 1.88. The van der Waals surface area contributed by atoms with Gasteiger partial charge in [0.05, 0.1) is 17.2 Å². The fourth-order valence-electron chi connectivity index (χ4n) is 1.64. The van der Waals surface area contributed by atoms with Gasteiger partial charge in [0, 0.05) is 11.5 Å². The summed E-state index contributed by atoms with van der Waals surface area (Å²) in [6.07, 6.45) is 1.54. The predicted octanol–water partition coefficient (Wildman–Crippen LogP) is 3.77. The molecule has 0 N–H and O–H groups in total. The van der Waals surface area contributed by atoms with Gasteiger partial charge in [-0.3, -0.25) is 0 Å². The summed E-state index contributed by atoms with van der Waals surface area (Å²) >= 11 is 5.94. The van der Waals surface area contributed by atoms with Crippen molar-refractivity contribution in [3.8, 4) is 0 Å². The van der Waals surface area contributed by atoms with Gasteiger partial charge in [-0.1, -0.05) is 11.6 Å². The average Bonchev–Trinajstić information content (AvgIpc) is 2.66. The first-order chi connectivity index (χ1) is 7.25. The Labute approximate surface area is 89.3 Å². The quantitative estimate of drug-likeness (QED) is 0.540. The largest absolute Gasteiger partial charge is 0.464 e. The van der Waals surface area contributed by atoms with Crippen LogP contribution in [0.5, 0.6) is 0 Å². The summed E-state index contributed by atoms with van der Waals surface area (Å²) in [5.41, 5.74) is 1.15. The first kappa shape index (κ1) is 8.68. The fraction of sp³-hybridized carbons (Fsp3) is 0. The van der Waals surface area contributed by atoms with Gasteiger partial charge in [0.2, 0.25) is 0 Å². The van der Waals surface area contributed by atoms with Crippen molar-refractivity contribution in [2.24, 2.45) is 0 Å². The van der Waals surface area contributed by atoms with Crippen LogP contribution in [0.15, 0.2) is 34.9 Å². The Balaban J connectivity index is 2.60. The summed E-state index contributed by atoms with van der Waals surface area (Å²) in [5, 5.41) is 1.84. The summed E-state index contributed by atoms with van der Waals surface area (Å²) in [5.74, 6) is -0.336. The summed E-state index contributed by atoms with van der Waals surface area (Å²) in [4.78, 5) is 4.10. The molecule has 0 aliphatic carbocycles. The zero-order valence-electron chi connectivity index (χ0n) is 7.50. The Morgan fingerprint density at radius 2 is 2.07 bits per heavy atom. The molecule has 3 rings (SSSR count). The molecule has 2 nitrogen and oxygen atoms in total. The molecule has 0 aliphatic rings. The van der Waals surface area contributed by atoms with E-state index >= 15 is 0 Å². The number of aromatic nitrogens is 1. The zero-order chi connectivity index (χ0) is 10.4. The molecular formula is C11H5ClFNO. The Morgan fingerprint density at radius 3 is 2.93 bits per heavy atom. The molecule has 0 fully saturated rings. The number of rotatable bonds is 0. The molecule has 2 aromatic heterocycles. The lowest BCUT2D eigenvalue weighted by molar-refractivity contribution is 0.618. The highest BCUT2D eigenvalue weighted by atomic mass is 35.5. The lowest BCUT2D eigenvalue weighted by Crippen LogP contribution is -1.83. The second kappa shape index (κ2) is 2.94. The molecule has 15 heavy (non-hydrogen) atoms. The van der Waals surface area contributed by atoms with Crippen molar-refractivity contribution in [1.82, 2.24) is 4.98 Å². The van der Waals surface area contributed by atoms with Gasteiger partial charge in [0.15, 0.2) is 0 Å². The SMILES string of the molecule is Fc1ccc2c(c1)nc(Cl)c1ccoc12. The number of hydrogen-bond donors (Lipinski definition) is 0. The Bertz CT molecular complexity index is 662. The number of nitrogens with zero attached hydrogens (tertiary/aromatic N) is 1. The molecule has 0 saturated heterocycles. The normalized spacial score (nSPS) is 11.3. The van der Waals surface area contributed by atoms with Gasteiger partial charge in [0.25, 0.3) is 0 Å². The van der Waals surface area contributed by atoms with Crippen LogP contribution in [0.3, 0.4) is 0 Å². The predicted molar refractivity (Wildman–Crippen MR) is 56.5 cm³/mol. The molecule has 0 amide bonds. The number of furan rings is 1. The molecule has 0 aliphatic heterocycles. The molecule has 0 atom stereocenters. The first-order valence-corrected chi connectivity index (χ1v) is 4.75. The van der Waals surface area contributed by atoms with Crippen molar-refractivity contribution in [1.29, 1.82) is 0 Å². The van der Waals surface area contributed by atoms with Crippen molar-refractivity contribution < 1.29 is 8.81 Å². The van der Waals surface area contributed by atoms with Gasteiger partial charge in [-0.15, -0.1) is 0 Å². The zero-order valence-corrected chi connectivity index (χ0v) is 8.25. The molecule has 0 spiro atoms. The van der Waals surface area contributed by atoms with Crippen LogP contribution in [0, 0.1) is 5.82 Å². The second-order valence-electron chi connectivity index (χ2n) is 3.23. The van der Waals surface area contributed by atoms with Crippen molar-refractivity contribution in [2.45, 2.75) is 0 Å². The lowest BCUT2D eigenvalue weighted by atomic mass is 10.2. The van der Waals surface area contributed by atoms with Crippen LogP contribution in [0.1, 0.15) is 0 Å². The summed E-state index contributed by atoms with van der Waals surface area (Å²) in [6.45, 7) is 0. The minimum Gasteiger partial charge on any atom is -0.464 e. The van der Waals surface area contributed by atoms with Crippen LogP contribution >= 0.6 is 11.6 Å². The van der Waals surface area contributed by atoms with E-state index in [-0.39, 0.29) is 5.82 Å². The van der Waals surface area contributed by atoms with Crippen LogP contribution < -0.4 is 0 Å². The Morgan fingerprint density at radius 1 is 1.20 bits per heavy atom. The van der Waals surface area contributed by atoms with Crippen LogP contribution in [0.2, 0.25) is 5.15 Å². The van der Waals surface area contributed by atoms with E-state index in [1.165, 1.54) is 12.1 Å². The Kier molecular flexibility index (Phi) is 1.70. The molecule has 3 aromatic rings. The van der Waals surface area contributed by atoms with Crippen molar-refractivity contribution in [3.63, 3.8) is 0 Å². The molecule has 4 heteroatoms. The minimum absolute atomic E-state index is 0.330. The maximum Gasteiger partial charge on any atom is 0.146 e. The highest BCUT2D eigenvalue weighted by Crippen LogP contribution is 2.29. The van der Waals surface area contributed by atoms with Gasteiger partial charge >= 0.3 is 0 Å².